The Bertz CT molecular complexity index is 588. The maximum Gasteiger partial charge on any atom is 0.191 e. The van der Waals surface area contributed by atoms with Crippen LogP contribution < -0.4 is 10.6 Å². The van der Waals surface area contributed by atoms with Crippen LogP contribution in [0.2, 0.25) is 5.02 Å². The summed E-state index contributed by atoms with van der Waals surface area (Å²) in [5.74, 6) is 0.728. The van der Waals surface area contributed by atoms with Gasteiger partial charge in [-0.1, -0.05) is 23.7 Å². The molecule has 130 valence electrons. The van der Waals surface area contributed by atoms with E-state index >= 15 is 0 Å². The summed E-state index contributed by atoms with van der Waals surface area (Å²) in [6.45, 7) is 4.46. The van der Waals surface area contributed by atoms with Crippen molar-refractivity contribution in [3.8, 4) is 0 Å². The summed E-state index contributed by atoms with van der Waals surface area (Å²) in [4.78, 5) is 4.47. The van der Waals surface area contributed by atoms with E-state index in [1.807, 2.05) is 31.2 Å². The molecule has 0 radical (unpaired) electrons. The highest BCUT2D eigenvalue weighted by Gasteiger charge is 2.02. The van der Waals surface area contributed by atoms with Crippen LogP contribution in [0.15, 0.2) is 29.3 Å². The Morgan fingerprint density at radius 2 is 1.91 bits per heavy atom. The monoisotopic (exact) mass is 361 g/mol. The average molecular weight is 362 g/mol. The molecule has 0 spiro atoms. The summed E-state index contributed by atoms with van der Waals surface area (Å²) in [5.41, 5.74) is 1.07. The fourth-order valence-corrected chi connectivity index (χ4v) is 2.20. The molecule has 0 fully saturated rings. The van der Waals surface area contributed by atoms with Crippen molar-refractivity contribution in [2.24, 2.45) is 4.99 Å². The first-order valence-electron chi connectivity index (χ1n) is 7.43. The number of rotatable bonds is 9. The Morgan fingerprint density at radius 3 is 2.52 bits per heavy atom. The Morgan fingerprint density at radius 1 is 1.22 bits per heavy atom. The molecule has 1 aromatic rings. The van der Waals surface area contributed by atoms with Crippen molar-refractivity contribution >= 4 is 27.4 Å². The van der Waals surface area contributed by atoms with Crippen molar-refractivity contribution in [1.29, 1.82) is 0 Å². The van der Waals surface area contributed by atoms with E-state index in [1.165, 1.54) is 6.26 Å². The molecule has 6 nitrogen and oxygen atoms in total. The van der Waals surface area contributed by atoms with Crippen LogP contribution in [0.4, 0.5) is 0 Å². The Hall–Kier alpha value is -1.31. The number of nitrogens with one attached hydrogen (secondary N) is 2. The summed E-state index contributed by atoms with van der Waals surface area (Å²) in [6, 6.07) is 7.54. The van der Waals surface area contributed by atoms with Crippen molar-refractivity contribution in [3.05, 3.63) is 34.9 Å². The van der Waals surface area contributed by atoms with Gasteiger partial charge in [-0.25, -0.2) is 13.4 Å². The summed E-state index contributed by atoms with van der Waals surface area (Å²) < 4.78 is 27.2. The van der Waals surface area contributed by atoms with Gasteiger partial charge in [0, 0.05) is 24.4 Å². The summed E-state index contributed by atoms with van der Waals surface area (Å²) >= 11 is 5.85. The number of benzene rings is 1. The number of aliphatic imine (C=N–C) groups is 1. The van der Waals surface area contributed by atoms with Crippen LogP contribution >= 0.6 is 11.6 Å². The van der Waals surface area contributed by atoms with E-state index in [-0.39, 0.29) is 12.4 Å². The van der Waals surface area contributed by atoms with E-state index in [0.29, 0.717) is 30.7 Å². The highest BCUT2D eigenvalue weighted by molar-refractivity contribution is 7.90. The van der Waals surface area contributed by atoms with Crippen LogP contribution in [0.25, 0.3) is 0 Å². The Labute approximate surface area is 143 Å². The molecule has 2 N–H and O–H groups in total. The van der Waals surface area contributed by atoms with E-state index in [9.17, 15) is 8.42 Å². The molecule has 0 aromatic heterocycles. The minimum Gasteiger partial charge on any atom is -0.379 e. The second-order valence-electron chi connectivity index (χ2n) is 4.99. The Balaban J connectivity index is 2.33. The molecular formula is C15H24ClN3O3S. The summed E-state index contributed by atoms with van der Waals surface area (Å²) in [7, 11) is -2.97. The molecule has 0 aliphatic rings. The number of guanidine groups is 1. The normalized spacial score (nSPS) is 12.2. The second kappa shape index (κ2) is 10.5. The molecule has 1 aromatic carbocycles. The fourth-order valence-electron chi connectivity index (χ4n) is 1.66. The first-order chi connectivity index (χ1) is 10.9. The van der Waals surface area contributed by atoms with Gasteiger partial charge in [0.15, 0.2) is 5.96 Å². The minimum atomic E-state index is -2.97. The van der Waals surface area contributed by atoms with Crippen molar-refractivity contribution < 1.29 is 13.2 Å². The maximum atomic E-state index is 11.0. The molecule has 0 heterocycles. The molecule has 0 saturated heterocycles. The molecule has 0 saturated carbocycles. The fraction of sp³-hybridized carbons (Fsp3) is 0.533. The minimum absolute atomic E-state index is 0.0394. The number of sulfone groups is 1. The smallest absolute Gasteiger partial charge is 0.191 e. The van der Waals surface area contributed by atoms with Gasteiger partial charge in [0.05, 0.1) is 25.5 Å². The lowest BCUT2D eigenvalue weighted by molar-refractivity contribution is 0.154. The van der Waals surface area contributed by atoms with Crippen molar-refractivity contribution in [1.82, 2.24) is 10.6 Å². The van der Waals surface area contributed by atoms with Gasteiger partial charge in [-0.15, -0.1) is 0 Å². The van der Waals surface area contributed by atoms with Crippen LogP contribution in [0, 0.1) is 0 Å². The molecule has 0 amide bonds. The molecule has 8 heteroatoms. The van der Waals surface area contributed by atoms with Crippen LogP contribution in [0.5, 0.6) is 0 Å². The number of nitrogens with zero attached hydrogens (tertiary/aromatic N) is 1. The van der Waals surface area contributed by atoms with Crippen LogP contribution in [-0.4, -0.2) is 52.7 Å². The largest absolute Gasteiger partial charge is 0.379 e. The van der Waals surface area contributed by atoms with Gasteiger partial charge in [0.2, 0.25) is 0 Å². The van der Waals surface area contributed by atoms with E-state index in [4.69, 9.17) is 16.3 Å². The zero-order chi connectivity index (χ0) is 17.1. The maximum absolute atomic E-state index is 11.0. The number of halogens is 1. The topological polar surface area (TPSA) is 79.8 Å². The molecule has 23 heavy (non-hydrogen) atoms. The summed E-state index contributed by atoms with van der Waals surface area (Å²) in [6.07, 6.45) is 1.20. The van der Waals surface area contributed by atoms with Gasteiger partial charge in [-0.05, 0) is 24.6 Å². The lowest BCUT2D eigenvalue weighted by Crippen LogP contribution is -2.39. The lowest BCUT2D eigenvalue weighted by Gasteiger charge is -2.11. The van der Waals surface area contributed by atoms with Gasteiger partial charge >= 0.3 is 0 Å². The zero-order valence-corrected chi connectivity index (χ0v) is 15.1. The summed E-state index contributed by atoms with van der Waals surface area (Å²) in [5, 5.41) is 6.98. The number of hydrogen-bond acceptors (Lipinski definition) is 4. The first kappa shape index (κ1) is 19.7. The van der Waals surface area contributed by atoms with Gasteiger partial charge in [0.1, 0.15) is 9.84 Å². The van der Waals surface area contributed by atoms with Gasteiger partial charge in [0.25, 0.3) is 0 Å². The van der Waals surface area contributed by atoms with Crippen molar-refractivity contribution in [3.63, 3.8) is 0 Å². The van der Waals surface area contributed by atoms with E-state index in [1.54, 1.807) is 0 Å². The van der Waals surface area contributed by atoms with E-state index in [0.717, 1.165) is 12.1 Å². The van der Waals surface area contributed by atoms with Crippen molar-refractivity contribution in [2.45, 2.75) is 13.5 Å². The third kappa shape index (κ3) is 10.1. The number of ether oxygens (including phenoxy) is 1. The Kier molecular flexibility index (Phi) is 8.98. The lowest BCUT2D eigenvalue weighted by atomic mass is 10.2. The molecule has 1 rings (SSSR count). The average Bonchev–Trinajstić information content (AvgIpc) is 2.48. The van der Waals surface area contributed by atoms with Gasteiger partial charge < -0.3 is 15.4 Å². The number of hydrogen-bond donors (Lipinski definition) is 2. The predicted molar refractivity (Wildman–Crippen MR) is 94.8 cm³/mol. The highest BCUT2D eigenvalue weighted by Crippen LogP contribution is 2.09. The predicted octanol–water partition coefficient (Wildman–Crippen LogP) is 1.46. The van der Waals surface area contributed by atoms with Crippen LogP contribution in [0.3, 0.4) is 0 Å². The molecule has 0 aliphatic heterocycles. The van der Waals surface area contributed by atoms with E-state index < -0.39 is 9.84 Å². The molecule has 0 bridgehead atoms. The van der Waals surface area contributed by atoms with Crippen molar-refractivity contribution in [2.75, 3.05) is 38.3 Å². The molecule has 0 atom stereocenters. The molecular weight excluding hydrogens is 338 g/mol. The third-order valence-electron chi connectivity index (χ3n) is 2.81. The standard InChI is InChI=1S/C15H24ClN3O3S/c1-3-17-15(18-8-9-22-10-11-23(2,20)21)19-12-13-4-6-14(16)7-5-13/h4-7H,3,8-12H2,1-2H3,(H2,17,18,19). The van der Waals surface area contributed by atoms with Crippen LogP contribution in [-0.2, 0) is 21.1 Å². The molecule has 0 unspecified atom stereocenters. The van der Waals surface area contributed by atoms with Crippen LogP contribution in [0.1, 0.15) is 12.5 Å². The molecule has 0 aliphatic carbocycles. The highest BCUT2D eigenvalue weighted by atomic mass is 35.5. The SMILES string of the molecule is CCNC(=NCc1ccc(Cl)cc1)NCCOCCS(C)(=O)=O. The second-order valence-corrected chi connectivity index (χ2v) is 7.69. The quantitative estimate of drug-likeness (QED) is 0.395. The van der Waals surface area contributed by atoms with Gasteiger partial charge in [-0.2, -0.15) is 0 Å². The zero-order valence-electron chi connectivity index (χ0n) is 13.5. The van der Waals surface area contributed by atoms with Gasteiger partial charge in [-0.3, -0.25) is 0 Å². The third-order valence-corrected chi connectivity index (χ3v) is 3.97. The van der Waals surface area contributed by atoms with E-state index in [2.05, 4.69) is 15.6 Å². The first-order valence-corrected chi connectivity index (χ1v) is 9.86.